The summed E-state index contributed by atoms with van der Waals surface area (Å²) in [5.41, 5.74) is 0.712. The standard InChI is InChI=1S/C19H26FN3O3S/c1-19(2,3)26-18(25)23-6-4-13(5-7-23)21-10-12-8-15-16(9-14(12)20)27-11-17(24)22-15/h8-9,13,21H,4-7,10-11H2,1-3H3,(H,22,24). The molecule has 3 rings (SSSR count). The first-order valence-electron chi connectivity index (χ1n) is 9.17. The molecule has 2 heterocycles. The van der Waals surface area contributed by atoms with Crippen molar-refractivity contribution in [3.05, 3.63) is 23.5 Å². The molecule has 0 saturated carbocycles. The molecule has 0 aliphatic carbocycles. The summed E-state index contributed by atoms with van der Waals surface area (Å²) in [7, 11) is 0. The molecular formula is C19H26FN3O3S. The van der Waals surface area contributed by atoms with Gasteiger partial charge in [-0.3, -0.25) is 4.79 Å². The van der Waals surface area contributed by atoms with E-state index in [-0.39, 0.29) is 23.9 Å². The molecule has 6 nitrogen and oxygen atoms in total. The predicted octanol–water partition coefficient (Wildman–Crippen LogP) is 3.36. The van der Waals surface area contributed by atoms with Crippen LogP contribution in [-0.2, 0) is 16.1 Å². The molecule has 0 unspecified atom stereocenters. The Morgan fingerprint density at radius 3 is 2.74 bits per heavy atom. The van der Waals surface area contributed by atoms with E-state index in [1.165, 1.54) is 17.8 Å². The van der Waals surface area contributed by atoms with Gasteiger partial charge in [-0.05, 0) is 45.7 Å². The first-order valence-corrected chi connectivity index (χ1v) is 10.2. The Morgan fingerprint density at radius 1 is 1.37 bits per heavy atom. The number of nitrogens with one attached hydrogen (secondary N) is 2. The fourth-order valence-electron chi connectivity index (χ4n) is 3.13. The van der Waals surface area contributed by atoms with Gasteiger partial charge >= 0.3 is 6.09 Å². The lowest BCUT2D eigenvalue weighted by Crippen LogP contribution is -2.46. The number of hydrogen-bond donors (Lipinski definition) is 2. The maximum absolute atomic E-state index is 14.3. The van der Waals surface area contributed by atoms with Crippen LogP contribution in [0.1, 0.15) is 39.2 Å². The lowest BCUT2D eigenvalue weighted by atomic mass is 10.0. The second-order valence-corrected chi connectivity index (χ2v) is 8.92. The van der Waals surface area contributed by atoms with E-state index in [0.717, 1.165) is 17.7 Å². The molecule has 2 amide bonds. The van der Waals surface area contributed by atoms with E-state index < -0.39 is 5.60 Å². The monoisotopic (exact) mass is 395 g/mol. The molecule has 0 bridgehead atoms. The number of amides is 2. The van der Waals surface area contributed by atoms with E-state index in [4.69, 9.17) is 4.74 Å². The molecule has 1 saturated heterocycles. The summed E-state index contributed by atoms with van der Waals surface area (Å²) in [6.07, 6.45) is 1.30. The second-order valence-electron chi connectivity index (χ2n) is 7.90. The number of hydrogen-bond acceptors (Lipinski definition) is 5. The normalized spacial score (nSPS) is 18.1. The van der Waals surface area contributed by atoms with Crippen LogP contribution in [0.5, 0.6) is 0 Å². The van der Waals surface area contributed by atoms with Crippen LogP contribution in [0, 0.1) is 5.82 Å². The second kappa shape index (κ2) is 8.06. The molecule has 0 spiro atoms. The first kappa shape index (κ1) is 19.9. The number of halogens is 1. The maximum atomic E-state index is 14.3. The number of benzene rings is 1. The van der Waals surface area contributed by atoms with Gasteiger partial charge in [0.05, 0.1) is 11.4 Å². The highest BCUT2D eigenvalue weighted by atomic mass is 32.2. The van der Waals surface area contributed by atoms with Gasteiger partial charge in [-0.1, -0.05) is 0 Å². The molecule has 27 heavy (non-hydrogen) atoms. The van der Waals surface area contributed by atoms with Gasteiger partial charge < -0.3 is 20.3 Å². The van der Waals surface area contributed by atoms with Crippen molar-refractivity contribution in [2.75, 3.05) is 24.2 Å². The van der Waals surface area contributed by atoms with Crippen molar-refractivity contribution in [2.45, 2.75) is 56.7 Å². The lowest BCUT2D eigenvalue weighted by Gasteiger charge is -2.33. The fraction of sp³-hybridized carbons (Fsp3) is 0.579. The molecule has 8 heteroatoms. The molecule has 0 radical (unpaired) electrons. The van der Waals surface area contributed by atoms with Crippen LogP contribution >= 0.6 is 11.8 Å². The summed E-state index contributed by atoms with van der Waals surface area (Å²) < 4.78 is 19.7. The highest BCUT2D eigenvalue weighted by molar-refractivity contribution is 8.00. The Balaban J connectivity index is 1.51. The zero-order valence-corrected chi connectivity index (χ0v) is 16.7. The summed E-state index contributed by atoms with van der Waals surface area (Å²) in [5.74, 6) is -0.0103. The molecule has 2 aliphatic heterocycles. The molecule has 2 aliphatic rings. The summed E-state index contributed by atoms with van der Waals surface area (Å²) in [6, 6.07) is 3.40. The minimum absolute atomic E-state index is 0.0625. The lowest BCUT2D eigenvalue weighted by molar-refractivity contribution is -0.113. The van der Waals surface area contributed by atoms with Gasteiger partial charge in [0.2, 0.25) is 5.91 Å². The number of nitrogens with zero attached hydrogens (tertiary/aromatic N) is 1. The Hall–Kier alpha value is -1.80. The average molecular weight is 396 g/mol. The number of carbonyl (C=O) groups excluding carboxylic acids is 2. The van der Waals surface area contributed by atoms with Gasteiger partial charge in [-0.2, -0.15) is 0 Å². The summed E-state index contributed by atoms with van der Waals surface area (Å²) >= 11 is 1.35. The number of rotatable bonds is 3. The quantitative estimate of drug-likeness (QED) is 0.821. The highest BCUT2D eigenvalue weighted by Crippen LogP contribution is 2.33. The number of carbonyl (C=O) groups is 2. The Labute approximate surface area is 163 Å². The van der Waals surface area contributed by atoms with Crippen molar-refractivity contribution in [1.29, 1.82) is 0 Å². The molecule has 1 fully saturated rings. The van der Waals surface area contributed by atoms with E-state index in [2.05, 4.69) is 10.6 Å². The zero-order chi connectivity index (χ0) is 19.6. The minimum atomic E-state index is -0.496. The van der Waals surface area contributed by atoms with Crippen LogP contribution in [0.3, 0.4) is 0 Å². The van der Waals surface area contributed by atoms with Crippen molar-refractivity contribution < 1.29 is 18.7 Å². The number of likely N-dealkylation sites (tertiary alicyclic amines) is 1. The van der Waals surface area contributed by atoms with Crippen LogP contribution < -0.4 is 10.6 Å². The predicted molar refractivity (Wildman–Crippen MR) is 103 cm³/mol. The topological polar surface area (TPSA) is 70.7 Å². The first-order chi connectivity index (χ1) is 12.7. The van der Waals surface area contributed by atoms with Crippen LogP contribution in [0.2, 0.25) is 0 Å². The molecule has 0 atom stereocenters. The third-order valence-corrected chi connectivity index (χ3v) is 5.56. The molecule has 0 aromatic heterocycles. The molecular weight excluding hydrogens is 369 g/mol. The minimum Gasteiger partial charge on any atom is -0.444 e. The smallest absolute Gasteiger partial charge is 0.410 e. The Kier molecular flexibility index (Phi) is 5.95. The summed E-state index contributed by atoms with van der Waals surface area (Å²) in [4.78, 5) is 26.1. The number of thioether (sulfide) groups is 1. The fourth-order valence-corrected chi connectivity index (χ4v) is 3.94. The molecule has 1 aromatic rings. The van der Waals surface area contributed by atoms with E-state index in [0.29, 0.717) is 36.6 Å². The number of ether oxygens (including phenoxy) is 1. The van der Waals surface area contributed by atoms with Gasteiger partial charge in [0.25, 0.3) is 0 Å². The van der Waals surface area contributed by atoms with Gasteiger partial charge in [0.1, 0.15) is 11.4 Å². The Bertz CT molecular complexity index is 728. The summed E-state index contributed by atoms with van der Waals surface area (Å²) in [6.45, 7) is 7.18. The Morgan fingerprint density at radius 2 is 2.07 bits per heavy atom. The zero-order valence-electron chi connectivity index (χ0n) is 15.9. The van der Waals surface area contributed by atoms with Crippen LogP contribution in [0.15, 0.2) is 17.0 Å². The van der Waals surface area contributed by atoms with Crippen molar-refractivity contribution in [1.82, 2.24) is 10.2 Å². The van der Waals surface area contributed by atoms with E-state index in [1.807, 2.05) is 20.8 Å². The van der Waals surface area contributed by atoms with Gasteiger partial charge in [0.15, 0.2) is 0 Å². The number of anilines is 1. The largest absolute Gasteiger partial charge is 0.444 e. The third-order valence-electron chi connectivity index (χ3n) is 4.51. The van der Waals surface area contributed by atoms with Crippen LogP contribution in [-0.4, -0.2) is 47.4 Å². The van der Waals surface area contributed by atoms with Crippen molar-refractivity contribution in [3.8, 4) is 0 Å². The van der Waals surface area contributed by atoms with Crippen LogP contribution in [0.25, 0.3) is 0 Å². The van der Waals surface area contributed by atoms with E-state index in [1.54, 1.807) is 11.0 Å². The third kappa shape index (κ3) is 5.35. The van der Waals surface area contributed by atoms with Gasteiger partial charge in [-0.25, -0.2) is 9.18 Å². The van der Waals surface area contributed by atoms with E-state index >= 15 is 0 Å². The maximum Gasteiger partial charge on any atom is 0.410 e. The van der Waals surface area contributed by atoms with Gasteiger partial charge in [-0.15, -0.1) is 11.8 Å². The molecule has 1 aromatic carbocycles. The SMILES string of the molecule is CC(C)(C)OC(=O)N1CCC(NCc2cc3c(cc2F)SCC(=O)N3)CC1. The number of fused-ring (bicyclic) bond motifs is 1. The van der Waals surface area contributed by atoms with Gasteiger partial charge in [0, 0.05) is 36.1 Å². The number of piperidine rings is 1. The molecule has 2 N–H and O–H groups in total. The van der Waals surface area contributed by atoms with Crippen molar-refractivity contribution in [3.63, 3.8) is 0 Å². The molecule has 148 valence electrons. The van der Waals surface area contributed by atoms with E-state index in [9.17, 15) is 14.0 Å². The summed E-state index contributed by atoms with van der Waals surface area (Å²) in [5, 5.41) is 6.16. The van der Waals surface area contributed by atoms with Crippen molar-refractivity contribution in [2.24, 2.45) is 0 Å². The highest BCUT2D eigenvalue weighted by Gasteiger charge is 2.27. The van der Waals surface area contributed by atoms with Crippen molar-refractivity contribution >= 4 is 29.4 Å². The van der Waals surface area contributed by atoms with Crippen LogP contribution in [0.4, 0.5) is 14.9 Å². The average Bonchev–Trinajstić information content (AvgIpc) is 2.59.